The van der Waals surface area contributed by atoms with Gasteiger partial charge in [-0.1, -0.05) is 13.8 Å². The summed E-state index contributed by atoms with van der Waals surface area (Å²) in [4.78, 5) is 1.01. The maximum atomic E-state index is 11.7. The highest BCUT2D eigenvalue weighted by atomic mass is 32.2. The molecular weight excluding hydrogens is 230 g/mol. The fraction of sp³-hybridized carbons (Fsp3) is 0.600. The lowest BCUT2D eigenvalue weighted by Crippen LogP contribution is -2.24. The van der Waals surface area contributed by atoms with Crippen LogP contribution in [0.4, 0.5) is 0 Å². The highest BCUT2D eigenvalue weighted by Crippen LogP contribution is 2.20. The van der Waals surface area contributed by atoms with Crippen molar-refractivity contribution in [1.82, 2.24) is 4.72 Å². The standard InChI is InChI=1S/C10H17NO2S2/c1-8(2)6-7-11-15(12,13)10-5-4-9(3)14-10/h4-5,8,11H,6-7H2,1-3H3. The molecule has 1 heterocycles. The van der Waals surface area contributed by atoms with E-state index < -0.39 is 10.0 Å². The molecule has 5 heteroatoms. The second-order valence-corrected chi connectivity index (χ2v) is 7.23. The Morgan fingerprint density at radius 1 is 1.40 bits per heavy atom. The number of hydrogen-bond donors (Lipinski definition) is 1. The van der Waals surface area contributed by atoms with E-state index in [2.05, 4.69) is 18.6 Å². The van der Waals surface area contributed by atoms with E-state index in [-0.39, 0.29) is 0 Å². The summed E-state index contributed by atoms with van der Waals surface area (Å²) in [5.74, 6) is 0.512. The first-order valence-electron chi connectivity index (χ1n) is 4.98. The summed E-state index contributed by atoms with van der Waals surface area (Å²) in [6, 6.07) is 3.47. The number of hydrogen-bond acceptors (Lipinski definition) is 3. The van der Waals surface area contributed by atoms with Gasteiger partial charge in [0.2, 0.25) is 10.0 Å². The van der Waals surface area contributed by atoms with Gasteiger partial charge in [-0.3, -0.25) is 0 Å². The van der Waals surface area contributed by atoms with Gasteiger partial charge < -0.3 is 0 Å². The van der Waals surface area contributed by atoms with Gasteiger partial charge in [0.15, 0.2) is 0 Å². The average Bonchev–Trinajstić information content (AvgIpc) is 2.51. The lowest BCUT2D eigenvalue weighted by molar-refractivity contribution is 0.553. The summed E-state index contributed by atoms with van der Waals surface area (Å²) in [5, 5.41) is 0. The molecule has 0 amide bonds. The third kappa shape index (κ3) is 3.93. The second-order valence-electron chi connectivity index (χ2n) is 3.95. The van der Waals surface area contributed by atoms with Crippen LogP contribution in [0.2, 0.25) is 0 Å². The Bertz CT molecular complexity index is 407. The Hall–Kier alpha value is -0.390. The van der Waals surface area contributed by atoms with Crippen LogP contribution >= 0.6 is 11.3 Å². The summed E-state index contributed by atoms with van der Waals surface area (Å²) in [7, 11) is -3.27. The smallest absolute Gasteiger partial charge is 0.210 e. The van der Waals surface area contributed by atoms with E-state index in [1.807, 2.05) is 13.0 Å². The van der Waals surface area contributed by atoms with E-state index in [0.717, 1.165) is 11.3 Å². The van der Waals surface area contributed by atoms with Crippen molar-refractivity contribution < 1.29 is 8.42 Å². The SMILES string of the molecule is Cc1ccc(S(=O)(=O)NCCC(C)C)s1. The first kappa shape index (κ1) is 12.7. The van der Waals surface area contributed by atoms with Crippen molar-refractivity contribution in [2.75, 3.05) is 6.54 Å². The van der Waals surface area contributed by atoms with E-state index in [4.69, 9.17) is 0 Å². The Balaban J connectivity index is 2.60. The molecule has 0 radical (unpaired) electrons. The topological polar surface area (TPSA) is 46.2 Å². The third-order valence-electron chi connectivity index (χ3n) is 1.99. The molecule has 1 N–H and O–H groups in total. The minimum absolute atomic E-state index is 0.406. The van der Waals surface area contributed by atoms with Gasteiger partial charge in [0.1, 0.15) is 4.21 Å². The molecule has 15 heavy (non-hydrogen) atoms. The van der Waals surface area contributed by atoms with Crippen LogP contribution in [0.5, 0.6) is 0 Å². The lowest BCUT2D eigenvalue weighted by Gasteiger charge is -2.06. The summed E-state index contributed by atoms with van der Waals surface area (Å²) in [6.45, 7) is 6.56. The van der Waals surface area contributed by atoms with Crippen molar-refractivity contribution in [3.8, 4) is 0 Å². The molecule has 0 fully saturated rings. The third-order valence-corrected chi connectivity index (χ3v) is 4.95. The summed E-state index contributed by atoms with van der Waals surface area (Å²) >= 11 is 1.30. The molecule has 3 nitrogen and oxygen atoms in total. The number of nitrogens with one attached hydrogen (secondary N) is 1. The minimum atomic E-state index is -3.27. The van der Waals surface area contributed by atoms with E-state index in [1.165, 1.54) is 11.3 Å². The van der Waals surface area contributed by atoms with Crippen LogP contribution in [-0.4, -0.2) is 15.0 Å². The van der Waals surface area contributed by atoms with Crippen molar-refractivity contribution in [3.63, 3.8) is 0 Å². The Morgan fingerprint density at radius 3 is 2.53 bits per heavy atom. The maximum Gasteiger partial charge on any atom is 0.250 e. The normalized spacial score (nSPS) is 12.3. The highest BCUT2D eigenvalue weighted by molar-refractivity contribution is 7.91. The predicted molar refractivity (Wildman–Crippen MR) is 63.7 cm³/mol. The number of sulfonamides is 1. The molecule has 1 aromatic rings. The molecule has 1 rings (SSSR count). The molecule has 0 unspecified atom stereocenters. The van der Waals surface area contributed by atoms with Crippen LogP contribution in [0.1, 0.15) is 25.1 Å². The molecule has 0 saturated carbocycles. The van der Waals surface area contributed by atoms with Crippen molar-refractivity contribution in [2.24, 2.45) is 5.92 Å². The number of rotatable bonds is 5. The van der Waals surface area contributed by atoms with E-state index in [9.17, 15) is 8.42 Å². The fourth-order valence-electron chi connectivity index (χ4n) is 1.11. The second kappa shape index (κ2) is 5.09. The van der Waals surface area contributed by atoms with Crippen LogP contribution in [0.25, 0.3) is 0 Å². The summed E-state index contributed by atoms with van der Waals surface area (Å²) in [5.41, 5.74) is 0. The first-order valence-corrected chi connectivity index (χ1v) is 7.28. The zero-order chi connectivity index (χ0) is 11.5. The van der Waals surface area contributed by atoms with Crippen LogP contribution in [-0.2, 0) is 10.0 Å². The van der Waals surface area contributed by atoms with Gasteiger partial charge in [0.25, 0.3) is 0 Å². The number of aryl methyl sites for hydroxylation is 1. The summed E-state index contributed by atoms with van der Waals surface area (Å²) in [6.07, 6.45) is 0.865. The zero-order valence-electron chi connectivity index (χ0n) is 9.28. The Kier molecular flexibility index (Phi) is 4.31. The molecule has 1 aromatic heterocycles. The van der Waals surface area contributed by atoms with Gasteiger partial charge in [-0.05, 0) is 31.4 Å². The lowest BCUT2D eigenvalue weighted by atomic mass is 10.1. The van der Waals surface area contributed by atoms with Gasteiger partial charge in [0.05, 0.1) is 0 Å². The first-order chi connectivity index (χ1) is 6.92. The largest absolute Gasteiger partial charge is 0.250 e. The quantitative estimate of drug-likeness (QED) is 0.868. The van der Waals surface area contributed by atoms with Crippen LogP contribution in [0.3, 0.4) is 0 Å². The molecule has 0 spiro atoms. The van der Waals surface area contributed by atoms with Crippen LogP contribution in [0, 0.1) is 12.8 Å². The molecule has 0 aliphatic heterocycles. The minimum Gasteiger partial charge on any atom is -0.210 e. The average molecular weight is 247 g/mol. The highest BCUT2D eigenvalue weighted by Gasteiger charge is 2.15. The molecule has 86 valence electrons. The van der Waals surface area contributed by atoms with E-state index >= 15 is 0 Å². The van der Waals surface area contributed by atoms with Gasteiger partial charge in [-0.25, -0.2) is 13.1 Å². The van der Waals surface area contributed by atoms with Gasteiger partial charge >= 0.3 is 0 Å². The van der Waals surface area contributed by atoms with Crippen molar-refractivity contribution in [2.45, 2.75) is 31.4 Å². The van der Waals surface area contributed by atoms with Gasteiger partial charge in [0, 0.05) is 11.4 Å². The van der Waals surface area contributed by atoms with Crippen molar-refractivity contribution in [1.29, 1.82) is 0 Å². The Labute approximate surface area is 95.6 Å². The van der Waals surface area contributed by atoms with Crippen LogP contribution in [0.15, 0.2) is 16.3 Å². The fourth-order valence-corrected chi connectivity index (χ4v) is 3.49. The van der Waals surface area contributed by atoms with Gasteiger partial charge in [-0.2, -0.15) is 0 Å². The molecule has 0 atom stereocenters. The van der Waals surface area contributed by atoms with Crippen molar-refractivity contribution in [3.05, 3.63) is 17.0 Å². The molecule has 0 bridgehead atoms. The molecule has 0 aliphatic carbocycles. The van der Waals surface area contributed by atoms with E-state index in [0.29, 0.717) is 16.7 Å². The zero-order valence-corrected chi connectivity index (χ0v) is 10.9. The Morgan fingerprint density at radius 2 is 2.07 bits per heavy atom. The van der Waals surface area contributed by atoms with Gasteiger partial charge in [-0.15, -0.1) is 11.3 Å². The van der Waals surface area contributed by atoms with E-state index in [1.54, 1.807) is 6.07 Å². The monoisotopic (exact) mass is 247 g/mol. The van der Waals surface area contributed by atoms with Crippen molar-refractivity contribution >= 4 is 21.4 Å². The maximum absolute atomic E-state index is 11.7. The summed E-state index contributed by atoms with van der Waals surface area (Å²) < 4.78 is 26.5. The predicted octanol–water partition coefficient (Wildman–Crippen LogP) is 2.38. The molecule has 0 aliphatic rings. The molecular formula is C10H17NO2S2. The molecule has 0 saturated heterocycles. The number of thiophene rings is 1. The molecule has 0 aromatic carbocycles. The van der Waals surface area contributed by atoms with Crippen LogP contribution < -0.4 is 4.72 Å².